The highest BCUT2D eigenvalue weighted by molar-refractivity contribution is 5.91. The molecule has 0 rings (SSSR count). The third-order valence-electron chi connectivity index (χ3n) is 1.75. The van der Waals surface area contributed by atoms with Gasteiger partial charge >= 0.3 is 5.97 Å². The van der Waals surface area contributed by atoms with E-state index < -0.39 is 0 Å². The molecule has 0 heterocycles. The lowest BCUT2D eigenvalue weighted by Gasteiger charge is -1.97. The first-order valence-corrected chi connectivity index (χ1v) is 4.67. The second-order valence-corrected chi connectivity index (χ2v) is 2.78. The predicted octanol–water partition coefficient (Wildman–Crippen LogP) is 2.85. The number of hydrogen-bond acceptors (Lipinski definition) is 2. The molecule has 13 heavy (non-hydrogen) atoms. The Hall–Kier alpha value is -1.05. The van der Waals surface area contributed by atoms with Crippen molar-refractivity contribution in [1.82, 2.24) is 0 Å². The van der Waals surface area contributed by atoms with Crippen LogP contribution in [-0.2, 0) is 9.53 Å². The molecule has 0 aliphatic carbocycles. The maximum atomic E-state index is 11.1. The van der Waals surface area contributed by atoms with E-state index in [0.717, 1.165) is 12.8 Å². The monoisotopic (exact) mass is 182 g/mol. The Morgan fingerprint density at radius 3 is 2.62 bits per heavy atom. The van der Waals surface area contributed by atoms with Gasteiger partial charge in [0, 0.05) is 0 Å². The third kappa shape index (κ3) is 5.23. The van der Waals surface area contributed by atoms with Gasteiger partial charge in [-0.2, -0.15) is 0 Å². The fraction of sp³-hybridized carbons (Fsp3) is 0.545. The first-order chi connectivity index (χ1) is 6.26. The second kappa shape index (κ2) is 7.59. The molecule has 0 bridgehead atoms. The van der Waals surface area contributed by atoms with Gasteiger partial charge in [0.2, 0.25) is 0 Å². The molecule has 0 amide bonds. The molecule has 0 aromatic rings. The molecule has 2 heteroatoms. The molecule has 74 valence electrons. The van der Waals surface area contributed by atoms with Crippen molar-refractivity contribution in [2.75, 3.05) is 7.11 Å². The van der Waals surface area contributed by atoms with E-state index in [-0.39, 0.29) is 5.97 Å². The van der Waals surface area contributed by atoms with Crippen LogP contribution in [0.25, 0.3) is 0 Å². The van der Waals surface area contributed by atoms with E-state index in [1.54, 1.807) is 6.08 Å². The Morgan fingerprint density at radius 2 is 2.15 bits per heavy atom. The first-order valence-electron chi connectivity index (χ1n) is 4.67. The zero-order valence-electron chi connectivity index (χ0n) is 8.67. The molecule has 0 N–H and O–H groups in total. The van der Waals surface area contributed by atoms with Gasteiger partial charge in [-0.15, -0.1) is 0 Å². The molecule has 0 aromatic carbocycles. The number of esters is 1. The van der Waals surface area contributed by atoms with Crippen LogP contribution in [0.2, 0.25) is 0 Å². The van der Waals surface area contributed by atoms with E-state index in [2.05, 4.69) is 11.7 Å². The SMILES string of the molecule is CC=C(C=CCCCC)C(=O)OC. The minimum Gasteiger partial charge on any atom is -0.465 e. The lowest BCUT2D eigenvalue weighted by molar-refractivity contribution is -0.135. The van der Waals surface area contributed by atoms with Crippen molar-refractivity contribution in [3.63, 3.8) is 0 Å². The molecule has 0 radical (unpaired) electrons. The average molecular weight is 182 g/mol. The number of rotatable bonds is 5. The molecule has 0 saturated heterocycles. The van der Waals surface area contributed by atoms with Gasteiger partial charge in [-0.05, 0) is 13.3 Å². The molecular formula is C11H18O2. The first kappa shape index (κ1) is 11.9. The number of carbonyl (C=O) groups is 1. The normalized spacial score (nSPS) is 12.1. The van der Waals surface area contributed by atoms with Crippen LogP contribution in [0.1, 0.15) is 33.1 Å². The summed E-state index contributed by atoms with van der Waals surface area (Å²) in [6.07, 6.45) is 8.94. The summed E-state index contributed by atoms with van der Waals surface area (Å²) in [5.41, 5.74) is 0.624. The minimum absolute atomic E-state index is 0.268. The van der Waals surface area contributed by atoms with Gasteiger partial charge < -0.3 is 4.74 Å². The van der Waals surface area contributed by atoms with Crippen molar-refractivity contribution in [2.24, 2.45) is 0 Å². The third-order valence-corrected chi connectivity index (χ3v) is 1.75. The summed E-state index contributed by atoms with van der Waals surface area (Å²) in [5.74, 6) is -0.268. The van der Waals surface area contributed by atoms with E-state index in [1.807, 2.05) is 19.1 Å². The molecule has 2 nitrogen and oxygen atoms in total. The molecule has 0 unspecified atom stereocenters. The van der Waals surface area contributed by atoms with Crippen molar-refractivity contribution in [3.05, 3.63) is 23.8 Å². The van der Waals surface area contributed by atoms with E-state index in [4.69, 9.17) is 0 Å². The Morgan fingerprint density at radius 1 is 1.46 bits per heavy atom. The van der Waals surface area contributed by atoms with E-state index in [1.165, 1.54) is 13.5 Å². The predicted molar refractivity (Wildman–Crippen MR) is 54.4 cm³/mol. The quantitative estimate of drug-likeness (QED) is 0.283. The van der Waals surface area contributed by atoms with E-state index >= 15 is 0 Å². The van der Waals surface area contributed by atoms with Crippen LogP contribution in [0.15, 0.2) is 23.8 Å². The zero-order chi connectivity index (χ0) is 10.1. The summed E-state index contributed by atoms with van der Waals surface area (Å²) < 4.78 is 4.60. The number of methoxy groups -OCH3 is 1. The Labute approximate surface area is 80.3 Å². The van der Waals surface area contributed by atoms with Crippen LogP contribution in [0.5, 0.6) is 0 Å². The van der Waals surface area contributed by atoms with Crippen LogP contribution >= 0.6 is 0 Å². The number of hydrogen-bond donors (Lipinski definition) is 0. The lowest BCUT2D eigenvalue weighted by atomic mass is 10.2. The van der Waals surface area contributed by atoms with Gasteiger partial charge in [0.05, 0.1) is 12.7 Å². The molecule has 0 spiro atoms. The molecule has 0 aliphatic rings. The fourth-order valence-electron chi connectivity index (χ4n) is 0.932. The van der Waals surface area contributed by atoms with Crippen molar-refractivity contribution in [3.8, 4) is 0 Å². The summed E-state index contributed by atoms with van der Waals surface area (Å²) >= 11 is 0. The average Bonchev–Trinajstić information content (AvgIpc) is 2.17. The fourth-order valence-corrected chi connectivity index (χ4v) is 0.932. The van der Waals surface area contributed by atoms with Gasteiger partial charge in [0.15, 0.2) is 0 Å². The highest BCUT2D eigenvalue weighted by atomic mass is 16.5. The minimum atomic E-state index is -0.268. The van der Waals surface area contributed by atoms with Crippen LogP contribution in [0.3, 0.4) is 0 Å². The number of allylic oxidation sites excluding steroid dienone is 2. The van der Waals surface area contributed by atoms with Gasteiger partial charge in [-0.25, -0.2) is 4.79 Å². The van der Waals surface area contributed by atoms with Crippen LogP contribution in [0.4, 0.5) is 0 Å². The molecular weight excluding hydrogens is 164 g/mol. The summed E-state index contributed by atoms with van der Waals surface area (Å²) in [6, 6.07) is 0. The van der Waals surface area contributed by atoms with Crippen LogP contribution in [-0.4, -0.2) is 13.1 Å². The number of ether oxygens (including phenoxy) is 1. The molecule has 0 fully saturated rings. The number of carbonyl (C=O) groups excluding carboxylic acids is 1. The summed E-state index contributed by atoms with van der Waals surface area (Å²) in [7, 11) is 1.39. The van der Waals surface area contributed by atoms with Crippen molar-refractivity contribution in [1.29, 1.82) is 0 Å². The van der Waals surface area contributed by atoms with Crippen LogP contribution < -0.4 is 0 Å². The summed E-state index contributed by atoms with van der Waals surface area (Å²) in [4.78, 5) is 11.1. The number of unbranched alkanes of at least 4 members (excludes halogenated alkanes) is 2. The van der Waals surface area contributed by atoms with E-state index in [9.17, 15) is 4.79 Å². The molecule has 0 aliphatic heterocycles. The summed E-state index contributed by atoms with van der Waals surface area (Å²) in [5, 5.41) is 0. The van der Waals surface area contributed by atoms with Crippen molar-refractivity contribution in [2.45, 2.75) is 33.1 Å². The van der Waals surface area contributed by atoms with Gasteiger partial charge in [0.1, 0.15) is 0 Å². The molecule has 0 atom stereocenters. The van der Waals surface area contributed by atoms with Crippen LogP contribution in [0, 0.1) is 0 Å². The lowest BCUT2D eigenvalue weighted by Crippen LogP contribution is -2.01. The Balaban J connectivity index is 3.99. The van der Waals surface area contributed by atoms with Gasteiger partial charge in [0.25, 0.3) is 0 Å². The zero-order valence-corrected chi connectivity index (χ0v) is 8.67. The summed E-state index contributed by atoms with van der Waals surface area (Å²) in [6.45, 7) is 3.97. The maximum Gasteiger partial charge on any atom is 0.337 e. The van der Waals surface area contributed by atoms with Gasteiger partial charge in [-0.3, -0.25) is 0 Å². The van der Waals surface area contributed by atoms with E-state index in [0.29, 0.717) is 5.57 Å². The topological polar surface area (TPSA) is 26.3 Å². The molecule has 0 aromatic heterocycles. The highest BCUT2D eigenvalue weighted by Gasteiger charge is 2.02. The standard InChI is InChI=1S/C11H18O2/c1-4-6-7-8-9-10(5-2)11(12)13-3/h5,8-9H,4,6-7H2,1-3H3. The maximum absolute atomic E-state index is 11.1. The van der Waals surface area contributed by atoms with Gasteiger partial charge in [-0.1, -0.05) is 38.0 Å². The van der Waals surface area contributed by atoms with Crippen molar-refractivity contribution < 1.29 is 9.53 Å². The highest BCUT2D eigenvalue weighted by Crippen LogP contribution is 2.02. The Kier molecular flexibility index (Phi) is 6.98. The van der Waals surface area contributed by atoms with Crippen molar-refractivity contribution >= 4 is 5.97 Å². The largest absolute Gasteiger partial charge is 0.465 e. The second-order valence-electron chi connectivity index (χ2n) is 2.78. The smallest absolute Gasteiger partial charge is 0.337 e. The molecule has 0 saturated carbocycles. The Bertz CT molecular complexity index is 202.